The summed E-state index contributed by atoms with van der Waals surface area (Å²) in [5.74, 6) is 1.30. The fourth-order valence-corrected chi connectivity index (χ4v) is 0.768. The van der Waals surface area contributed by atoms with Gasteiger partial charge in [-0.3, -0.25) is 0 Å². The van der Waals surface area contributed by atoms with Crippen molar-refractivity contribution in [2.75, 3.05) is 0 Å². The van der Waals surface area contributed by atoms with Gasteiger partial charge in [0.1, 0.15) is 6.10 Å². The predicted octanol–water partition coefficient (Wildman–Crippen LogP) is 1.37. The van der Waals surface area contributed by atoms with Crippen LogP contribution in [-0.4, -0.2) is 12.3 Å². The number of hydrogen-bond acceptors (Lipinski definition) is 2. The molecule has 0 N–H and O–H groups in total. The molecule has 0 aromatic rings. The van der Waals surface area contributed by atoms with E-state index >= 15 is 0 Å². The maximum Gasteiger partial charge on any atom is 0.100 e. The van der Waals surface area contributed by atoms with Crippen LogP contribution < -0.4 is 0 Å². The molecule has 1 heterocycles. The van der Waals surface area contributed by atoms with E-state index in [-0.39, 0.29) is 24.7 Å². The molecule has 51 valence electrons. The van der Waals surface area contributed by atoms with E-state index < -0.39 is 0 Å². The summed E-state index contributed by atoms with van der Waals surface area (Å²) < 4.78 is 0. The second-order valence-corrected chi connectivity index (χ2v) is 2.20. The molecule has 0 spiro atoms. The van der Waals surface area contributed by atoms with E-state index in [1.165, 1.54) is 5.92 Å². The van der Waals surface area contributed by atoms with Gasteiger partial charge in [0.15, 0.2) is 0 Å². The van der Waals surface area contributed by atoms with Crippen LogP contribution in [0.3, 0.4) is 0 Å². The molecule has 0 saturated carbocycles. The van der Waals surface area contributed by atoms with Gasteiger partial charge in [0, 0.05) is 18.6 Å². The summed E-state index contributed by atoms with van der Waals surface area (Å²) in [5, 5.41) is 3.68. The first kappa shape index (κ1) is 8.92. The van der Waals surface area contributed by atoms with E-state index in [2.05, 4.69) is 12.1 Å². The molecule has 1 aliphatic rings. The molecule has 0 aliphatic carbocycles. The van der Waals surface area contributed by atoms with Crippen molar-refractivity contribution in [3.63, 3.8) is 0 Å². The maximum atomic E-state index is 4.90. The Morgan fingerprint density at radius 2 is 2.44 bits per heavy atom. The molecule has 1 aliphatic heterocycles. The largest absolute Gasteiger partial charge is 0.398 e. The predicted molar refractivity (Wildman–Crippen MR) is 32.6 cm³/mol. The van der Waals surface area contributed by atoms with Crippen molar-refractivity contribution in [2.24, 2.45) is 5.16 Å². The second-order valence-electron chi connectivity index (χ2n) is 2.20. The number of hydrogen-bond donors (Lipinski definition) is 0. The Kier molecular flexibility index (Phi) is 3.83. The molecule has 0 aromatic heterocycles. The number of oxime groups is 1. The van der Waals surface area contributed by atoms with Crippen LogP contribution in [0.15, 0.2) is 5.16 Å². The van der Waals surface area contributed by atoms with Crippen LogP contribution >= 0.6 is 0 Å². The van der Waals surface area contributed by atoms with Gasteiger partial charge in [0.05, 0.1) is 0 Å². The van der Waals surface area contributed by atoms with Gasteiger partial charge in [0.25, 0.3) is 0 Å². The minimum Gasteiger partial charge on any atom is -0.398 e. The molecule has 9 heavy (non-hydrogen) atoms. The molecule has 3 heteroatoms. The Labute approximate surface area is 67.5 Å². The summed E-state index contributed by atoms with van der Waals surface area (Å²) in [7, 11) is 0. The first-order valence-electron chi connectivity index (χ1n) is 2.80. The van der Waals surface area contributed by atoms with Gasteiger partial charge in [-0.2, -0.15) is 6.92 Å². The summed E-state index contributed by atoms with van der Waals surface area (Å²) >= 11 is 0. The summed E-state index contributed by atoms with van der Waals surface area (Å²) in [6, 6.07) is 0. The molecule has 1 atom stereocenters. The second kappa shape index (κ2) is 3.86. The molecule has 0 bridgehead atoms. The van der Waals surface area contributed by atoms with Crippen molar-refractivity contribution >= 4 is 6.21 Å². The van der Waals surface area contributed by atoms with E-state index in [4.69, 9.17) is 4.84 Å². The van der Waals surface area contributed by atoms with Gasteiger partial charge in [-0.05, 0) is 6.92 Å². The van der Waals surface area contributed by atoms with Crippen molar-refractivity contribution in [2.45, 2.75) is 26.4 Å². The average molecular weight is 163 g/mol. The van der Waals surface area contributed by atoms with Crippen molar-refractivity contribution in [3.8, 4) is 0 Å². The first-order chi connectivity index (χ1) is 3.79. The zero-order valence-corrected chi connectivity index (χ0v) is 7.06. The average Bonchev–Trinajstić information content (AvgIpc) is 1.64. The molecule has 1 radical (unpaired) electrons. The van der Waals surface area contributed by atoms with Crippen LogP contribution in [-0.2, 0) is 23.4 Å². The monoisotopic (exact) mass is 163 g/mol. The minimum atomic E-state index is 0. The molecule has 0 aromatic carbocycles. The van der Waals surface area contributed by atoms with Gasteiger partial charge < -0.3 is 10.8 Å². The summed E-state index contributed by atoms with van der Waals surface area (Å²) in [6.45, 7) is 4.07. The number of nitrogens with zero attached hydrogens (tertiary/aromatic N) is 1. The normalized spacial score (nSPS) is 24.7. The molecule has 0 amide bonds. The van der Waals surface area contributed by atoms with Gasteiger partial charge in [-0.25, -0.2) is 0 Å². The van der Waals surface area contributed by atoms with Gasteiger partial charge >= 0.3 is 0 Å². The third-order valence-corrected chi connectivity index (χ3v) is 1.12. The van der Waals surface area contributed by atoms with Crippen LogP contribution in [0, 0.1) is 5.92 Å². The van der Waals surface area contributed by atoms with E-state index in [9.17, 15) is 0 Å². The van der Waals surface area contributed by atoms with E-state index in [0.29, 0.717) is 0 Å². The van der Waals surface area contributed by atoms with E-state index in [1.807, 2.05) is 6.92 Å². The molecule has 0 fully saturated rings. The Balaban J connectivity index is 0.000000640. The Bertz CT molecular complexity index is 105. The Hall–Kier alpha value is -0.0756. The van der Waals surface area contributed by atoms with Crippen LogP contribution in [0.25, 0.3) is 0 Å². The summed E-state index contributed by atoms with van der Waals surface area (Å²) in [5.41, 5.74) is 0. The van der Waals surface area contributed by atoms with Gasteiger partial charge in [0.2, 0.25) is 0 Å². The van der Waals surface area contributed by atoms with Crippen molar-refractivity contribution in [1.82, 2.24) is 0 Å². The van der Waals surface area contributed by atoms with Crippen molar-refractivity contribution < 1.29 is 23.4 Å². The van der Waals surface area contributed by atoms with E-state index in [1.54, 1.807) is 6.21 Å². The van der Waals surface area contributed by atoms with Gasteiger partial charge in [-0.15, -0.1) is 11.6 Å². The Morgan fingerprint density at radius 3 is 2.78 bits per heavy atom. The topological polar surface area (TPSA) is 21.6 Å². The molecule has 1 unspecified atom stereocenters. The van der Waals surface area contributed by atoms with Crippen LogP contribution in [0.2, 0.25) is 0 Å². The van der Waals surface area contributed by atoms with Crippen molar-refractivity contribution in [1.29, 1.82) is 0 Å². The summed E-state index contributed by atoms with van der Waals surface area (Å²) in [4.78, 5) is 4.90. The number of rotatable bonds is 0. The molecule has 0 saturated heterocycles. The minimum absolute atomic E-state index is 0. The van der Waals surface area contributed by atoms with Crippen molar-refractivity contribution in [3.05, 3.63) is 5.92 Å². The molecule has 1 rings (SSSR count). The fourth-order valence-electron chi connectivity index (χ4n) is 0.768. The standard InChI is InChI=1S/C6H10NO.V/c1-5-3-6(2)8-7-4-5;/h4,6H,3H2,1-2H3;/q-1;. The smallest absolute Gasteiger partial charge is 0.100 e. The van der Waals surface area contributed by atoms with Crippen LogP contribution in [0.5, 0.6) is 0 Å². The van der Waals surface area contributed by atoms with Crippen LogP contribution in [0.4, 0.5) is 0 Å². The molecular formula is C6H10NOV-. The third kappa shape index (κ3) is 2.82. The molecule has 2 nitrogen and oxygen atoms in total. The maximum absolute atomic E-state index is 4.90. The third-order valence-electron chi connectivity index (χ3n) is 1.12. The zero-order valence-electron chi connectivity index (χ0n) is 5.66. The SMILES string of the molecule is C[C-]1C=NOC(C)C1.[V]. The quantitative estimate of drug-likeness (QED) is 0.494. The first-order valence-corrected chi connectivity index (χ1v) is 2.80. The zero-order chi connectivity index (χ0) is 5.98. The Morgan fingerprint density at radius 1 is 1.78 bits per heavy atom. The summed E-state index contributed by atoms with van der Waals surface area (Å²) in [6.07, 6.45) is 3.06. The van der Waals surface area contributed by atoms with Gasteiger partial charge in [-0.1, -0.05) is 6.21 Å². The van der Waals surface area contributed by atoms with Crippen LogP contribution in [0.1, 0.15) is 20.3 Å². The fraction of sp³-hybridized carbons (Fsp3) is 0.667. The molecular weight excluding hydrogens is 153 g/mol. The van der Waals surface area contributed by atoms with E-state index in [0.717, 1.165) is 6.42 Å².